The highest BCUT2D eigenvalue weighted by atomic mass is 35.5. The van der Waals surface area contributed by atoms with Crippen molar-refractivity contribution in [2.75, 3.05) is 13.2 Å². The van der Waals surface area contributed by atoms with Gasteiger partial charge in [-0.25, -0.2) is 5.48 Å². The van der Waals surface area contributed by atoms with Gasteiger partial charge in [0.2, 0.25) is 0 Å². The van der Waals surface area contributed by atoms with E-state index in [1.165, 1.54) is 5.56 Å². The van der Waals surface area contributed by atoms with E-state index in [9.17, 15) is 0 Å². The highest BCUT2D eigenvalue weighted by Gasteiger charge is 1.89. The minimum atomic E-state index is 0. The van der Waals surface area contributed by atoms with Crippen molar-refractivity contribution in [3.63, 3.8) is 0 Å². The van der Waals surface area contributed by atoms with Crippen LogP contribution >= 0.6 is 12.4 Å². The van der Waals surface area contributed by atoms with E-state index in [0.717, 1.165) is 19.6 Å². The fraction of sp³-hybridized carbons (Fsp3) is 0.400. The minimum absolute atomic E-state index is 0. The average molecular weight is 202 g/mol. The van der Waals surface area contributed by atoms with Crippen molar-refractivity contribution in [2.45, 2.75) is 13.3 Å². The van der Waals surface area contributed by atoms with Crippen LogP contribution in [-0.4, -0.2) is 13.2 Å². The van der Waals surface area contributed by atoms with Crippen LogP contribution < -0.4 is 5.48 Å². The summed E-state index contributed by atoms with van der Waals surface area (Å²) in [7, 11) is 0. The molecular weight excluding hydrogens is 186 g/mol. The second-order valence-electron chi connectivity index (χ2n) is 2.56. The summed E-state index contributed by atoms with van der Waals surface area (Å²) in [6.07, 6.45) is 1.01. The second kappa shape index (κ2) is 8.05. The quantitative estimate of drug-likeness (QED) is 0.583. The molecule has 0 spiro atoms. The summed E-state index contributed by atoms with van der Waals surface area (Å²) in [4.78, 5) is 5.01. The molecule has 1 aromatic rings. The monoisotopic (exact) mass is 201 g/mol. The van der Waals surface area contributed by atoms with Gasteiger partial charge < -0.3 is 4.84 Å². The van der Waals surface area contributed by atoms with E-state index >= 15 is 0 Å². The van der Waals surface area contributed by atoms with Crippen LogP contribution in [0.3, 0.4) is 0 Å². The molecule has 0 saturated heterocycles. The molecule has 13 heavy (non-hydrogen) atoms. The van der Waals surface area contributed by atoms with Crippen LogP contribution in [0.15, 0.2) is 30.3 Å². The molecule has 0 atom stereocenters. The van der Waals surface area contributed by atoms with E-state index in [1.54, 1.807) is 0 Å². The van der Waals surface area contributed by atoms with E-state index < -0.39 is 0 Å². The molecule has 1 rings (SSSR count). The molecule has 1 N–H and O–H groups in total. The average Bonchev–Trinajstić information content (AvgIpc) is 2.14. The third-order valence-electron chi connectivity index (χ3n) is 1.60. The van der Waals surface area contributed by atoms with Crippen molar-refractivity contribution < 1.29 is 4.84 Å². The number of rotatable bonds is 5. The van der Waals surface area contributed by atoms with E-state index in [2.05, 4.69) is 29.7 Å². The van der Waals surface area contributed by atoms with Gasteiger partial charge in [0.1, 0.15) is 0 Å². The number of nitrogens with one attached hydrogen (secondary N) is 1. The lowest BCUT2D eigenvalue weighted by Gasteiger charge is -2.02. The molecule has 0 amide bonds. The van der Waals surface area contributed by atoms with Crippen LogP contribution in [0.4, 0.5) is 0 Å². The van der Waals surface area contributed by atoms with Gasteiger partial charge in [0.05, 0.1) is 6.61 Å². The van der Waals surface area contributed by atoms with E-state index in [-0.39, 0.29) is 12.4 Å². The molecule has 0 heterocycles. The first-order chi connectivity index (χ1) is 5.93. The molecule has 74 valence electrons. The Morgan fingerprint density at radius 1 is 1.23 bits per heavy atom. The van der Waals surface area contributed by atoms with Crippen molar-refractivity contribution in [3.8, 4) is 0 Å². The molecule has 0 saturated carbocycles. The summed E-state index contributed by atoms with van der Waals surface area (Å²) in [5.74, 6) is 0. The van der Waals surface area contributed by atoms with Gasteiger partial charge in [0.25, 0.3) is 0 Å². The first kappa shape index (κ1) is 12.4. The number of hydrogen-bond donors (Lipinski definition) is 1. The zero-order chi connectivity index (χ0) is 8.65. The maximum Gasteiger partial charge on any atom is 0.0653 e. The fourth-order valence-electron chi connectivity index (χ4n) is 1.01. The Labute approximate surface area is 85.7 Å². The minimum Gasteiger partial charge on any atom is -0.302 e. The zero-order valence-corrected chi connectivity index (χ0v) is 8.64. The van der Waals surface area contributed by atoms with Gasteiger partial charge in [-0.1, -0.05) is 30.3 Å². The Kier molecular flexibility index (Phi) is 7.69. The van der Waals surface area contributed by atoms with Crippen molar-refractivity contribution in [1.29, 1.82) is 0 Å². The normalized spacial score (nSPS) is 9.31. The van der Waals surface area contributed by atoms with Crippen LogP contribution in [-0.2, 0) is 11.3 Å². The summed E-state index contributed by atoms with van der Waals surface area (Å²) in [5, 5.41) is 0. The van der Waals surface area contributed by atoms with Crippen LogP contribution in [0.2, 0.25) is 0 Å². The lowest BCUT2D eigenvalue weighted by Crippen LogP contribution is -2.17. The molecule has 0 aliphatic carbocycles. The zero-order valence-electron chi connectivity index (χ0n) is 7.82. The number of benzene rings is 1. The van der Waals surface area contributed by atoms with Crippen molar-refractivity contribution in [1.82, 2.24) is 5.48 Å². The van der Waals surface area contributed by atoms with Gasteiger partial charge in [0.15, 0.2) is 0 Å². The summed E-state index contributed by atoms with van der Waals surface area (Å²) in [6, 6.07) is 10.4. The predicted molar refractivity (Wildman–Crippen MR) is 57.0 cm³/mol. The van der Waals surface area contributed by atoms with Gasteiger partial charge in [0, 0.05) is 6.54 Å². The molecular formula is C10H16ClNO. The second-order valence-corrected chi connectivity index (χ2v) is 2.56. The SMILES string of the molecule is CCONCCc1ccccc1.Cl. The smallest absolute Gasteiger partial charge is 0.0653 e. The Bertz CT molecular complexity index is 203. The van der Waals surface area contributed by atoms with Gasteiger partial charge >= 0.3 is 0 Å². The number of hydroxylamine groups is 1. The Morgan fingerprint density at radius 3 is 2.54 bits per heavy atom. The van der Waals surface area contributed by atoms with Gasteiger partial charge in [-0.05, 0) is 18.9 Å². The molecule has 3 heteroatoms. The fourth-order valence-corrected chi connectivity index (χ4v) is 1.01. The number of hydrogen-bond acceptors (Lipinski definition) is 2. The molecule has 0 fully saturated rings. The summed E-state index contributed by atoms with van der Waals surface area (Å²) < 4.78 is 0. The Morgan fingerprint density at radius 2 is 1.92 bits per heavy atom. The van der Waals surface area contributed by atoms with E-state index in [1.807, 2.05) is 13.0 Å². The van der Waals surface area contributed by atoms with Gasteiger partial charge in [-0.15, -0.1) is 12.4 Å². The lowest BCUT2D eigenvalue weighted by atomic mass is 10.2. The molecule has 0 aliphatic rings. The molecule has 0 unspecified atom stereocenters. The molecule has 0 radical (unpaired) electrons. The molecule has 0 bridgehead atoms. The van der Waals surface area contributed by atoms with Crippen LogP contribution in [0.5, 0.6) is 0 Å². The standard InChI is InChI=1S/C10H15NO.ClH/c1-2-12-11-9-8-10-6-4-3-5-7-10;/h3-7,11H,2,8-9H2,1H3;1H. The van der Waals surface area contributed by atoms with Crippen molar-refractivity contribution in [3.05, 3.63) is 35.9 Å². The van der Waals surface area contributed by atoms with E-state index in [0.29, 0.717) is 0 Å². The highest BCUT2D eigenvalue weighted by molar-refractivity contribution is 5.85. The summed E-state index contributed by atoms with van der Waals surface area (Å²) in [6.45, 7) is 3.56. The maximum atomic E-state index is 5.01. The van der Waals surface area contributed by atoms with Gasteiger partial charge in [-0.2, -0.15) is 0 Å². The molecule has 0 aromatic heterocycles. The van der Waals surface area contributed by atoms with Crippen LogP contribution in [0.25, 0.3) is 0 Å². The third-order valence-corrected chi connectivity index (χ3v) is 1.60. The highest BCUT2D eigenvalue weighted by Crippen LogP contribution is 1.97. The summed E-state index contributed by atoms with van der Waals surface area (Å²) in [5.41, 5.74) is 4.22. The predicted octanol–water partition coefficient (Wildman–Crippen LogP) is 2.19. The van der Waals surface area contributed by atoms with Crippen molar-refractivity contribution in [2.24, 2.45) is 0 Å². The Balaban J connectivity index is 0.00000144. The third kappa shape index (κ3) is 5.64. The first-order valence-electron chi connectivity index (χ1n) is 4.32. The first-order valence-corrected chi connectivity index (χ1v) is 4.32. The van der Waals surface area contributed by atoms with Crippen LogP contribution in [0, 0.1) is 0 Å². The number of halogens is 1. The Hall–Kier alpha value is -0.570. The summed E-state index contributed by atoms with van der Waals surface area (Å²) >= 11 is 0. The lowest BCUT2D eigenvalue weighted by molar-refractivity contribution is 0.0519. The topological polar surface area (TPSA) is 21.3 Å². The largest absolute Gasteiger partial charge is 0.302 e. The van der Waals surface area contributed by atoms with Gasteiger partial charge in [-0.3, -0.25) is 0 Å². The van der Waals surface area contributed by atoms with Crippen LogP contribution in [0.1, 0.15) is 12.5 Å². The molecule has 2 nitrogen and oxygen atoms in total. The molecule has 1 aromatic carbocycles. The van der Waals surface area contributed by atoms with Crippen molar-refractivity contribution >= 4 is 12.4 Å². The maximum absolute atomic E-state index is 5.01. The van der Waals surface area contributed by atoms with E-state index in [4.69, 9.17) is 4.84 Å². The molecule has 0 aliphatic heterocycles.